The Bertz CT molecular complexity index is 1000. The third-order valence-electron chi connectivity index (χ3n) is 6.40. The van der Waals surface area contributed by atoms with E-state index >= 15 is 0 Å². The molecule has 0 heterocycles. The molecule has 0 N–H and O–H groups in total. The van der Waals surface area contributed by atoms with Gasteiger partial charge < -0.3 is 0 Å². The SMILES string of the molecule is O=C1c2ccccc2C2C3CC(c4cc5ccccc5cc43)C12. The molecule has 0 amide bonds. The Morgan fingerprint density at radius 3 is 2.04 bits per heavy atom. The lowest BCUT2D eigenvalue weighted by molar-refractivity contribution is 0.0918. The van der Waals surface area contributed by atoms with Crippen molar-refractivity contribution in [3.63, 3.8) is 0 Å². The lowest BCUT2D eigenvalue weighted by Gasteiger charge is -2.27. The van der Waals surface area contributed by atoms with E-state index in [9.17, 15) is 4.79 Å². The summed E-state index contributed by atoms with van der Waals surface area (Å²) in [6.45, 7) is 0. The van der Waals surface area contributed by atoms with E-state index in [0.29, 0.717) is 23.5 Å². The van der Waals surface area contributed by atoms with Gasteiger partial charge in [0.05, 0.1) is 0 Å². The summed E-state index contributed by atoms with van der Waals surface area (Å²) in [5.41, 5.74) is 5.22. The van der Waals surface area contributed by atoms with E-state index in [-0.39, 0.29) is 5.92 Å². The number of carbonyl (C=O) groups excluding carboxylic acids is 1. The highest BCUT2D eigenvalue weighted by molar-refractivity contribution is 6.05. The van der Waals surface area contributed by atoms with Gasteiger partial charge in [-0.2, -0.15) is 0 Å². The molecule has 3 aliphatic rings. The van der Waals surface area contributed by atoms with Crippen molar-refractivity contribution in [2.75, 3.05) is 0 Å². The third-order valence-corrected chi connectivity index (χ3v) is 6.40. The van der Waals surface area contributed by atoms with Gasteiger partial charge in [-0.05, 0) is 45.7 Å². The zero-order valence-corrected chi connectivity index (χ0v) is 12.7. The van der Waals surface area contributed by atoms with E-state index in [2.05, 4.69) is 48.5 Å². The quantitative estimate of drug-likeness (QED) is 0.569. The second kappa shape index (κ2) is 3.91. The Labute approximate surface area is 135 Å². The van der Waals surface area contributed by atoms with Gasteiger partial charge in [0.1, 0.15) is 0 Å². The summed E-state index contributed by atoms with van der Waals surface area (Å²) < 4.78 is 0. The molecule has 0 spiro atoms. The number of Topliss-reactive ketones (excluding diaryl/α,β-unsaturated/α-hetero) is 1. The highest BCUT2D eigenvalue weighted by Crippen LogP contribution is 2.66. The Kier molecular flexibility index (Phi) is 2.05. The fraction of sp³-hybridized carbons (Fsp3) is 0.227. The average Bonchev–Trinajstić information content (AvgIpc) is 3.23. The molecule has 1 nitrogen and oxygen atoms in total. The number of rotatable bonds is 0. The maximum Gasteiger partial charge on any atom is 0.167 e. The first-order valence-corrected chi connectivity index (χ1v) is 8.48. The molecule has 3 aliphatic carbocycles. The van der Waals surface area contributed by atoms with Crippen LogP contribution in [0.15, 0.2) is 60.7 Å². The second-order valence-electron chi connectivity index (χ2n) is 7.28. The van der Waals surface area contributed by atoms with Crippen molar-refractivity contribution in [3.05, 3.63) is 82.9 Å². The fourth-order valence-corrected chi connectivity index (χ4v) is 5.57. The van der Waals surface area contributed by atoms with Gasteiger partial charge in [0.15, 0.2) is 5.78 Å². The first kappa shape index (κ1) is 12.1. The van der Waals surface area contributed by atoms with Crippen molar-refractivity contribution in [2.45, 2.75) is 24.2 Å². The first-order chi connectivity index (χ1) is 11.3. The van der Waals surface area contributed by atoms with Gasteiger partial charge in [-0.1, -0.05) is 60.7 Å². The molecular weight excluding hydrogens is 280 g/mol. The number of ketones is 1. The lowest BCUT2D eigenvalue weighted by Crippen LogP contribution is -2.20. The maximum atomic E-state index is 12.9. The summed E-state index contributed by atoms with van der Waals surface area (Å²) in [5.74, 6) is 1.93. The molecule has 0 saturated heterocycles. The molecule has 4 atom stereocenters. The molecule has 2 bridgehead atoms. The molecule has 1 saturated carbocycles. The zero-order valence-electron chi connectivity index (χ0n) is 12.7. The lowest BCUT2D eigenvalue weighted by atomic mass is 9.75. The second-order valence-corrected chi connectivity index (χ2v) is 7.28. The summed E-state index contributed by atoms with van der Waals surface area (Å²) in [6, 6.07) is 21.6. The van der Waals surface area contributed by atoms with Gasteiger partial charge in [-0.3, -0.25) is 4.79 Å². The first-order valence-electron chi connectivity index (χ1n) is 8.48. The van der Waals surface area contributed by atoms with Gasteiger partial charge in [0, 0.05) is 17.4 Å². The third kappa shape index (κ3) is 1.33. The average molecular weight is 296 g/mol. The van der Waals surface area contributed by atoms with Gasteiger partial charge in [-0.25, -0.2) is 0 Å². The molecule has 1 fully saturated rings. The summed E-state index contributed by atoms with van der Waals surface area (Å²) in [5, 5.41) is 2.63. The van der Waals surface area contributed by atoms with Crippen LogP contribution in [0.1, 0.15) is 51.2 Å². The minimum absolute atomic E-state index is 0.186. The summed E-state index contributed by atoms with van der Waals surface area (Å²) >= 11 is 0. The van der Waals surface area contributed by atoms with E-state index in [4.69, 9.17) is 0 Å². The van der Waals surface area contributed by atoms with Crippen molar-refractivity contribution < 1.29 is 4.79 Å². The maximum absolute atomic E-state index is 12.9. The summed E-state index contributed by atoms with van der Waals surface area (Å²) in [4.78, 5) is 12.9. The van der Waals surface area contributed by atoms with Crippen LogP contribution in [-0.2, 0) is 0 Å². The largest absolute Gasteiger partial charge is 0.294 e. The number of hydrogen-bond donors (Lipinski definition) is 0. The van der Waals surface area contributed by atoms with Crippen LogP contribution in [0.3, 0.4) is 0 Å². The minimum Gasteiger partial charge on any atom is -0.294 e. The molecule has 1 heteroatoms. The highest BCUT2D eigenvalue weighted by atomic mass is 16.1. The molecular formula is C22H16O. The van der Waals surface area contributed by atoms with Gasteiger partial charge in [0.2, 0.25) is 0 Å². The van der Waals surface area contributed by atoms with E-state index < -0.39 is 0 Å². The van der Waals surface area contributed by atoms with Crippen LogP contribution in [0.4, 0.5) is 0 Å². The molecule has 0 radical (unpaired) electrons. The minimum atomic E-state index is 0.186. The molecule has 6 rings (SSSR count). The van der Waals surface area contributed by atoms with Crippen molar-refractivity contribution in [2.24, 2.45) is 5.92 Å². The molecule has 0 aliphatic heterocycles. The van der Waals surface area contributed by atoms with Crippen molar-refractivity contribution in [1.82, 2.24) is 0 Å². The number of fused-ring (bicyclic) bond motifs is 11. The van der Waals surface area contributed by atoms with Crippen LogP contribution in [0.2, 0.25) is 0 Å². The van der Waals surface area contributed by atoms with Crippen LogP contribution in [0.5, 0.6) is 0 Å². The predicted molar refractivity (Wildman–Crippen MR) is 91.1 cm³/mol. The van der Waals surface area contributed by atoms with E-state index in [1.165, 1.54) is 27.5 Å². The molecule has 110 valence electrons. The molecule has 0 aromatic heterocycles. The fourth-order valence-electron chi connectivity index (χ4n) is 5.57. The molecule has 4 unspecified atom stereocenters. The summed E-state index contributed by atoms with van der Waals surface area (Å²) in [6.07, 6.45) is 1.15. The van der Waals surface area contributed by atoms with Gasteiger partial charge in [0.25, 0.3) is 0 Å². The van der Waals surface area contributed by atoms with E-state index in [1.54, 1.807) is 0 Å². The van der Waals surface area contributed by atoms with Crippen LogP contribution in [0, 0.1) is 5.92 Å². The van der Waals surface area contributed by atoms with E-state index in [0.717, 1.165) is 12.0 Å². The number of hydrogen-bond acceptors (Lipinski definition) is 1. The van der Waals surface area contributed by atoms with Crippen molar-refractivity contribution in [3.8, 4) is 0 Å². The Morgan fingerprint density at radius 1 is 0.696 bits per heavy atom. The van der Waals surface area contributed by atoms with Crippen molar-refractivity contribution >= 4 is 16.6 Å². The van der Waals surface area contributed by atoms with Crippen LogP contribution < -0.4 is 0 Å². The van der Waals surface area contributed by atoms with E-state index in [1.807, 2.05) is 12.1 Å². The van der Waals surface area contributed by atoms with Crippen molar-refractivity contribution in [1.29, 1.82) is 0 Å². The molecule has 23 heavy (non-hydrogen) atoms. The van der Waals surface area contributed by atoms with Crippen LogP contribution in [-0.4, -0.2) is 5.78 Å². The Morgan fingerprint density at radius 2 is 1.30 bits per heavy atom. The smallest absolute Gasteiger partial charge is 0.167 e. The number of benzene rings is 3. The van der Waals surface area contributed by atoms with Crippen LogP contribution in [0.25, 0.3) is 10.8 Å². The zero-order chi connectivity index (χ0) is 15.1. The number of carbonyl (C=O) groups is 1. The monoisotopic (exact) mass is 296 g/mol. The van der Waals surface area contributed by atoms with Crippen LogP contribution >= 0.6 is 0 Å². The van der Waals surface area contributed by atoms with Gasteiger partial charge in [-0.15, -0.1) is 0 Å². The normalized spacial score (nSPS) is 29.7. The Hall–Kier alpha value is -2.41. The standard InChI is InChI=1S/C22H16O/c23-22-15-8-4-3-7-14(15)20-18-11-19(21(20)22)17-10-13-6-2-1-5-12(13)9-16(17)18/h1-10,18-21H,11H2. The van der Waals surface area contributed by atoms with Gasteiger partial charge >= 0.3 is 0 Å². The topological polar surface area (TPSA) is 17.1 Å². The summed E-state index contributed by atoms with van der Waals surface area (Å²) in [7, 11) is 0. The Balaban J connectivity index is 1.61. The predicted octanol–water partition coefficient (Wildman–Crippen LogP) is 5.02. The molecule has 3 aromatic rings. The molecule has 3 aromatic carbocycles. The highest BCUT2D eigenvalue weighted by Gasteiger charge is 2.57.